The number of aliphatic hydroxyl groups is 5. The molecule has 0 fully saturated rings. The highest BCUT2D eigenvalue weighted by Gasteiger charge is 2.28. The fourth-order valence-corrected chi connectivity index (χ4v) is 0.569. The first kappa shape index (κ1) is 9.56. The summed E-state index contributed by atoms with van der Waals surface area (Å²) in [5.74, 6) is -1.09. The highest BCUT2D eigenvalue weighted by atomic mass is 16.4. The third-order valence-electron chi connectivity index (χ3n) is 1.33. The Bertz CT molecular complexity index is 163. The van der Waals surface area contributed by atoms with E-state index in [1.165, 1.54) is 0 Å². The fourth-order valence-electron chi connectivity index (χ4n) is 0.569. The highest BCUT2D eigenvalue weighted by Crippen LogP contribution is 1.98. The quantitative estimate of drug-likeness (QED) is 0.292. The Balaban J connectivity index is 4.08. The third-order valence-corrected chi connectivity index (χ3v) is 1.33. The van der Waals surface area contributed by atoms with Crippen LogP contribution in [0.15, 0.2) is 0 Å². The monoisotopic (exact) mass is 181 g/mol. The molecule has 0 saturated carbocycles. The molecule has 0 aliphatic carbocycles. The van der Waals surface area contributed by atoms with Crippen molar-refractivity contribution in [2.24, 2.45) is 0 Å². The molecule has 0 bridgehead atoms. The minimum absolute atomic E-state index is 0.589. The molecule has 0 aliphatic rings. The van der Waals surface area contributed by atoms with Crippen LogP contribution < -0.4 is 0 Å². The first-order valence-corrected chi connectivity index (χ1v) is 3.31. The van der Waals surface area contributed by atoms with Crippen LogP contribution in [0.1, 0.15) is 0 Å². The summed E-state index contributed by atoms with van der Waals surface area (Å²) in [5, 5.41) is 38.7. The normalized spacial score (nSPS) is 19.5. The van der Waals surface area contributed by atoms with Gasteiger partial charge in [0.25, 0.3) is 0 Å². The van der Waals surface area contributed by atoms with Gasteiger partial charge in [-0.05, 0) is 0 Å². The van der Waals surface area contributed by atoms with Crippen LogP contribution in [0, 0.1) is 0 Å². The van der Waals surface area contributed by atoms with E-state index in [1.54, 1.807) is 0 Å². The number of aliphatic hydroxyl groups excluding tert-OH is 5. The Morgan fingerprint density at radius 1 is 1.33 bits per heavy atom. The maximum Gasteiger partial charge on any atom is 0.210 e. The van der Waals surface area contributed by atoms with Gasteiger partial charge in [-0.1, -0.05) is 0 Å². The van der Waals surface area contributed by atoms with Crippen molar-refractivity contribution in [2.45, 2.75) is 18.3 Å². The van der Waals surface area contributed by atoms with E-state index in [4.69, 9.17) is 21.9 Å². The van der Waals surface area contributed by atoms with Crippen molar-refractivity contribution in [2.75, 3.05) is 13.2 Å². The predicted octanol–water partition coefficient (Wildman–Crippen LogP) is -3.38. The van der Waals surface area contributed by atoms with E-state index >= 15 is 0 Å². The van der Waals surface area contributed by atoms with Gasteiger partial charge >= 0.3 is 0 Å². The molecule has 0 unspecified atom stereocenters. The second-order valence-corrected chi connectivity index (χ2v) is 2.28. The second-order valence-electron chi connectivity index (χ2n) is 2.28. The molecule has 0 aromatic rings. The molecular weight excluding hydrogens is 168 g/mol. The summed E-state index contributed by atoms with van der Waals surface area (Å²) >= 11 is 0. The van der Waals surface area contributed by atoms with Crippen molar-refractivity contribution in [3.8, 4) is 0 Å². The lowest BCUT2D eigenvalue weighted by atomic mass is 10.1. The van der Waals surface area contributed by atoms with Gasteiger partial charge in [-0.3, -0.25) is 4.79 Å². The number of hydrogen-bond donors (Lipinski definition) is 5. The Labute approximate surface area is 70.2 Å². The molecule has 6 heteroatoms. The van der Waals surface area contributed by atoms with Crippen LogP contribution in [0.4, 0.5) is 0 Å². The van der Waals surface area contributed by atoms with E-state index in [9.17, 15) is 4.79 Å². The number of carbonyl (C=O) groups excluding carboxylic acids is 1. The summed E-state index contributed by atoms with van der Waals surface area (Å²) in [7, 11) is 0. The number of rotatable bonds is 6. The summed E-state index contributed by atoms with van der Waals surface area (Å²) in [6.07, 6.45) is -5.17. The van der Waals surface area contributed by atoms with E-state index in [0.29, 0.717) is 0 Å². The zero-order chi connectivity index (χ0) is 10.4. The van der Waals surface area contributed by atoms with Crippen molar-refractivity contribution in [3.63, 3.8) is 0 Å². The number of Topliss-reactive ketones (excluding diaryl/α,β-unsaturated/α-hetero) is 1. The van der Waals surface area contributed by atoms with Crippen molar-refractivity contribution in [1.82, 2.24) is 0 Å². The first-order chi connectivity index (χ1) is 6.04. The van der Waals surface area contributed by atoms with Crippen LogP contribution in [0.3, 0.4) is 0 Å². The second kappa shape index (κ2) is 5.18. The predicted molar refractivity (Wildman–Crippen MR) is 37.2 cm³/mol. The molecule has 0 heterocycles. The molecule has 0 aromatic carbocycles. The summed E-state index contributed by atoms with van der Waals surface area (Å²) < 4.78 is 6.21. The molecule has 12 heavy (non-hydrogen) atoms. The minimum atomic E-state index is -1.87. The van der Waals surface area contributed by atoms with Crippen LogP contribution in [0.2, 0.25) is 0 Å². The number of ketones is 1. The molecule has 0 aliphatic heterocycles. The van der Waals surface area contributed by atoms with Gasteiger partial charge in [0.1, 0.15) is 18.3 Å². The van der Waals surface area contributed by atoms with Crippen LogP contribution >= 0.6 is 0 Å². The third kappa shape index (κ3) is 2.84. The molecule has 5 N–H and O–H groups in total. The summed E-state index contributed by atoms with van der Waals surface area (Å²) in [5.41, 5.74) is 0. The van der Waals surface area contributed by atoms with Crippen LogP contribution in [-0.2, 0) is 4.79 Å². The smallest absolute Gasteiger partial charge is 0.210 e. The van der Waals surface area contributed by atoms with Gasteiger partial charge in [0.2, 0.25) is 1.43 Å². The summed E-state index contributed by atoms with van der Waals surface area (Å²) in [4.78, 5) is 10.9. The zero-order valence-electron chi connectivity index (χ0n) is 7.25. The topological polar surface area (TPSA) is 118 Å². The van der Waals surface area contributed by atoms with E-state index in [0.717, 1.165) is 0 Å². The average Bonchev–Trinajstić information content (AvgIpc) is 2.14. The Morgan fingerprint density at radius 3 is 2.33 bits per heavy atom. The van der Waals surface area contributed by atoms with Crippen molar-refractivity contribution in [3.05, 3.63) is 0 Å². The summed E-state index contributed by atoms with van der Waals surface area (Å²) in [6.45, 7) is -1.38. The van der Waals surface area contributed by atoms with E-state index in [1.807, 2.05) is 0 Å². The molecule has 0 saturated heterocycles. The largest absolute Gasteiger partial charge is 0.394 e. The Morgan fingerprint density at radius 2 is 1.92 bits per heavy atom. The van der Waals surface area contributed by atoms with Gasteiger partial charge in [0.15, 0.2) is 5.78 Å². The summed E-state index contributed by atoms with van der Waals surface area (Å²) in [6, 6.07) is 0. The number of hydrogen-bond acceptors (Lipinski definition) is 6. The molecule has 6 nitrogen and oxygen atoms in total. The lowest BCUT2D eigenvalue weighted by Gasteiger charge is -2.16. The molecule has 0 spiro atoms. The van der Waals surface area contributed by atoms with Crippen molar-refractivity contribution in [1.29, 1.82) is 1.43 Å². The van der Waals surface area contributed by atoms with Crippen LogP contribution in [0.25, 0.3) is 0 Å². The molecule has 0 aromatic heterocycles. The van der Waals surface area contributed by atoms with Crippen molar-refractivity contribution >= 4 is 5.78 Å². The maximum atomic E-state index is 10.9. The zero-order valence-corrected chi connectivity index (χ0v) is 6.25. The van der Waals surface area contributed by atoms with Gasteiger partial charge in [-0.2, -0.15) is 0 Å². The molecule has 3 atom stereocenters. The molecule has 72 valence electrons. The van der Waals surface area contributed by atoms with E-state index in [-0.39, 0.29) is 0 Å². The molecule has 0 rings (SSSR count). The lowest BCUT2D eigenvalue weighted by Crippen LogP contribution is -2.43. The average molecular weight is 181 g/mol. The Kier molecular flexibility index (Phi) is 4.12. The van der Waals surface area contributed by atoms with Gasteiger partial charge < -0.3 is 25.5 Å². The molecule has 0 amide bonds. The standard InChI is InChI=1S/C6H12O6/c7-1-3(9)5(11)6(12)4(10)2-8/h3-5,7-11H,1-2H2/t3-,4+,5-/m1/s1/i8D. The lowest BCUT2D eigenvalue weighted by molar-refractivity contribution is -0.144. The number of carbonyl (C=O) groups is 1. The molecular formula is C6H12O6. The van der Waals surface area contributed by atoms with Crippen molar-refractivity contribution < 1.29 is 30.3 Å². The van der Waals surface area contributed by atoms with Gasteiger partial charge in [0.05, 0.1) is 13.2 Å². The van der Waals surface area contributed by atoms with Crippen LogP contribution in [0.5, 0.6) is 0 Å². The highest BCUT2D eigenvalue weighted by molar-refractivity contribution is 5.87. The minimum Gasteiger partial charge on any atom is -0.394 e. The van der Waals surface area contributed by atoms with Crippen LogP contribution in [-0.4, -0.2) is 64.3 Å². The first-order valence-electron chi connectivity index (χ1n) is 3.72. The Hall–Kier alpha value is -0.530. The SMILES string of the molecule is [2H]OC[C@H](O)C(=O)[C@H](O)[C@H](O)CO. The van der Waals surface area contributed by atoms with E-state index in [2.05, 4.69) is 5.11 Å². The fraction of sp³-hybridized carbons (Fsp3) is 0.833. The van der Waals surface area contributed by atoms with Gasteiger partial charge in [0, 0.05) is 0 Å². The van der Waals surface area contributed by atoms with Gasteiger partial charge in [-0.25, -0.2) is 0 Å². The van der Waals surface area contributed by atoms with E-state index < -0.39 is 37.3 Å². The van der Waals surface area contributed by atoms with Gasteiger partial charge in [-0.15, -0.1) is 0 Å². The molecule has 0 radical (unpaired) electrons. The maximum absolute atomic E-state index is 10.9.